The van der Waals surface area contributed by atoms with Crippen LogP contribution in [0.2, 0.25) is 5.02 Å². The van der Waals surface area contributed by atoms with Gasteiger partial charge in [-0.15, -0.1) is 11.3 Å². The Kier molecular flexibility index (Phi) is 8.06. The summed E-state index contributed by atoms with van der Waals surface area (Å²) in [7, 11) is 0. The molecule has 0 atom stereocenters. The van der Waals surface area contributed by atoms with E-state index < -0.39 is 0 Å². The van der Waals surface area contributed by atoms with E-state index in [1.165, 1.54) is 30.0 Å². The predicted molar refractivity (Wildman–Crippen MR) is 128 cm³/mol. The number of nitrogens with zero attached hydrogens (tertiary/aromatic N) is 2. The van der Waals surface area contributed by atoms with Crippen molar-refractivity contribution in [2.75, 3.05) is 18.0 Å². The molecule has 2 heterocycles. The molecule has 0 aliphatic heterocycles. The van der Waals surface area contributed by atoms with Gasteiger partial charge >= 0.3 is 0 Å². The number of nitrogen functional groups attached to an aromatic ring is 1. The van der Waals surface area contributed by atoms with Crippen LogP contribution in [0.1, 0.15) is 34.1 Å². The van der Waals surface area contributed by atoms with Crippen LogP contribution in [-0.4, -0.2) is 34.0 Å². The van der Waals surface area contributed by atoms with E-state index >= 15 is 0 Å². The SMILES string of the molecule is CCc1nc(SCC(=O)c2ccc(CCNC(C)=O)s2)nc(N)c1-c1ccc(Cl)cc1. The smallest absolute Gasteiger partial charge is 0.216 e. The highest BCUT2D eigenvalue weighted by Gasteiger charge is 2.16. The van der Waals surface area contributed by atoms with Crippen molar-refractivity contribution < 1.29 is 9.59 Å². The molecule has 0 aliphatic carbocycles. The highest BCUT2D eigenvalue weighted by atomic mass is 35.5. The van der Waals surface area contributed by atoms with Crippen LogP contribution in [0, 0.1) is 0 Å². The molecule has 162 valence electrons. The zero-order chi connectivity index (χ0) is 22.4. The molecule has 3 aromatic rings. The molecule has 0 bridgehead atoms. The maximum atomic E-state index is 12.6. The van der Waals surface area contributed by atoms with Crippen LogP contribution in [0.15, 0.2) is 41.6 Å². The molecule has 9 heteroatoms. The number of thioether (sulfide) groups is 1. The first-order chi connectivity index (χ1) is 14.9. The third-order valence-electron chi connectivity index (χ3n) is 4.47. The van der Waals surface area contributed by atoms with Crippen molar-refractivity contribution in [2.24, 2.45) is 0 Å². The number of rotatable bonds is 9. The molecule has 0 saturated carbocycles. The van der Waals surface area contributed by atoms with Gasteiger partial charge in [0.15, 0.2) is 10.9 Å². The van der Waals surface area contributed by atoms with Gasteiger partial charge in [-0.3, -0.25) is 9.59 Å². The quantitative estimate of drug-likeness (QED) is 0.266. The van der Waals surface area contributed by atoms with Crippen molar-refractivity contribution in [2.45, 2.75) is 31.8 Å². The molecule has 31 heavy (non-hydrogen) atoms. The lowest BCUT2D eigenvalue weighted by Crippen LogP contribution is -2.22. The second-order valence-electron chi connectivity index (χ2n) is 6.78. The van der Waals surface area contributed by atoms with Gasteiger partial charge in [0.2, 0.25) is 5.91 Å². The lowest BCUT2D eigenvalue weighted by Gasteiger charge is -2.12. The number of halogens is 1. The van der Waals surface area contributed by atoms with Gasteiger partial charge in [0.1, 0.15) is 5.82 Å². The molecule has 0 unspecified atom stereocenters. The van der Waals surface area contributed by atoms with Crippen LogP contribution in [0.4, 0.5) is 5.82 Å². The molecule has 0 aliphatic rings. The van der Waals surface area contributed by atoms with Crippen LogP contribution in [0.3, 0.4) is 0 Å². The number of nitrogens with two attached hydrogens (primary N) is 1. The Morgan fingerprint density at radius 1 is 1.16 bits per heavy atom. The summed E-state index contributed by atoms with van der Waals surface area (Å²) in [4.78, 5) is 34.3. The Morgan fingerprint density at radius 2 is 1.90 bits per heavy atom. The van der Waals surface area contributed by atoms with Crippen molar-refractivity contribution in [3.05, 3.63) is 56.9 Å². The lowest BCUT2D eigenvalue weighted by molar-refractivity contribution is -0.118. The largest absolute Gasteiger partial charge is 0.383 e. The van der Waals surface area contributed by atoms with Crippen LogP contribution in [0.25, 0.3) is 11.1 Å². The van der Waals surface area contributed by atoms with Crippen LogP contribution in [0.5, 0.6) is 0 Å². The summed E-state index contributed by atoms with van der Waals surface area (Å²) in [5.41, 5.74) is 8.80. The Balaban J connectivity index is 1.67. The average molecular weight is 475 g/mol. The highest BCUT2D eigenvalue weighted by molar-refractivity contribution is 7.99. The zero-order valence-corrected chi connectivity index (χ0v) is 19.7. The van der Waals surface area contributed by atoms with Gasteiger partial charge in [-0.1, -0.05) is 42.4 Å². The third kappa shape index (κ3) is 6.29. The molecule has 3 N–H and O–H groups in total. The molecule has 1 aromatic carbocycles. The van der Waals surface area contributed by atoms with E-state index in [2.05, 4.69) is 15.3 Å². The van der Waals surface area contributed by atoms with Gasteiger partial charge in [-0.25, -0.2) is 9.97 Å². The summed E-state index contributed by atoms with van der Waals surface area (Å²) in [5.74, 6) is 0.578. The Morgan fingerprint density at radius 3 is 2.58 bits per heavy atom. The maximum Gasteiger partial charge on any atom is 0.216 e. The first kappa shape index (κ1) is 23.2. The fourth-order valence-electron chi connectivity index (χ4n) is 2.98. The van der Waals surface area contributed by atoms with Gasteiger partial charge in [0, 0.05) is 28.9 Å². The average Bonchev–Trinajstić information content (AvgIpc) is 3.21. The summed E-state index contributed by atoms with van der Waals surface area (Å²) in [6, 6.07) is 11.2. The van der Waals surface area contributed by atoms with Crippen molar-refractivity contribution in [3.8, 4) is 11.1 Å². The molecule has 2 aromatic heterocycles. The number of thiophene rings is 1. The van der Waals surface area contributed by atoms with E-state index in [1.54, 1.807) is 0 Å². The van der Waals surface area contributed by atoms with E-state index in [-0.39, 0.29) is 17.4 Å². The number of hydrogen-bond donors (Lipinski definition) is 2. The number of aromatic nitrogens is 2. The van der Waals surface area contributed by atoms with Crippen molar-refractivity contribution in [1.82, 2.24) is 15.3 Å². The van der Waals surface area contributed by atoms with Crippen molar-refractivity contribution in [1.29, 1.82) is 0 Å². The number of anilines is 1. The van der Waals surface area contributed by atoms with Crippen molar-refractivity contribution in [3.63, 3.8) is 0 Å². The van der Waals surface area contributed by atoms with Gasteiger partial charge in [-0.2, -0.15) is 0 Å². The Bertz CT molecular complexity index is 1080. The number of nitrogens with one attached hydrogen (secondary N) is 1. The van der Waals surface area contributed by atoms with E-state index in [0.29, 0.717) is 40.3 Å². The summed E-state index contributed by atoms with van der Waals surface area (Å²) in [5, 5.41) is 3.90. The molecule has 3 rings (SSSR count). The topological polar surface area (TPSA) is 98.0 Å². The minimum Gasteiger partial charge on any atom is -0.383 e. The van der Waals surface area contributed by atoms with Crippen LogP contribution < -0.4 is 11.1 Å². The predicted octanol–water partition coefficient (Wildman–Crippen LogP) is 4.66. The molecular formula is C22H23ClN4O2S2. The number of ketones is 1. The number of carbonyl (C=O) groups is 2. The second kappa shape index (κ2) is 10.7. The summed E-state index contributed by atoms with van der Waals surface area (Å²) in [6.07, 6.45) is 1.39. The number of benzene rings is 1. The summed E-state index contributed by atoms with van der Waals surface area (Å²) >= 11 is 8.71. The number of aryl methyl sites for hydroxylation is 1. The second-order valence-corrected chi connectivity index (χ2v) is 9.33. The molecule has 0 radical (unpaired) electrons. The molecule has 6 nitrogen and oxygen atoms in total. The van der Waals surface area contributed by atoms with E-state index in [1.807, 2.05) is 43.3 Å². The molecule has 1 amide bonds. The fraction of sp³-hybridized carbons (Fsp3) is 0.273. The Hall–Kier alpha value is -2.42. The normalized spacial score (nSPS) is 10.8. The van der Waals surface area contributed by atoms with Crippen LogP contribution in [-0.2, 0) is 17.6 Å². The minimum absolute atomic E-state index is 0.0165. The van der Waals surface area contributed by atoms with Crippen LogP contribution >= 0.6 is 34.7 Å². The minimum atomic E-state index is -0.0583. The summed E-state index contributed by atoms with van der Waals surface area (Å²) < 4.78 is 0. The monoisotopic (exact) mass is 474 g/mol. The first-order valence-electron chi connectivity index (χ1n) is 9.78. The van der Waals surface area contributed by atoms with Gasteiger partial charge in [-0.05, 0) is 42.7 Å². The fourth-order valence-corrected chi connectivity index (χ4v) is 4.90. The molecular weight excluding hydrogens is 452 g/mol. The lowest BCUT2D eigenvalue weighted by atomic mass is 10.0. The molecule has 0 spiro atoms. The molecule has 0 fully saturated rings. The van der Waals surface area contributed by atoms with E-state index in [4.69, 9.17) is 17.3 Å². The summed E-state index contributed by atoms with van der Waals surface area (Å²) in [6.45, 7) is 4.06. The van der Waals surface area contributed by atoms with Gasteiger partial charge in [0.05, 0.1) is 16.3 Å². The third-order valence-corrected chi connectivity index (χ3v) is 6.76. The maximum absolute atomic E-state index is 12.6. The number of hydrogen-bond acceptors (Lipinski definition) is 7. The highest BCUT2D eigenvalue weighted by Crippen LogP contribution is 2.31. The first-order valence-corrected chi connectivity index (χ1v) is 12.0. The Labute approximate surface area is 194 Å². The number of carbonyl (C=O) groups excluding carboxylic acids is 2. The number of amides is 1. The van der Waals surface area contributed by atoms with Crippen molar-refractivity contribution >= 4 is 52.2 Å². The van der Waals surface area contributed by atoms with E-state index in [9.17, 15) is 9.59 Å². The van der Waals surface area contributed by atoms with Gasteiger partial charge in [0.25, 0.3) is 0 Å². The standard InChI is InChI=1S/C22H23ClN4O2S2/c1-3-17-20(14-4-6-15(23)7-5-14)21(24)27-22(26-17)30-12-18(29)19-9-8-16(31-19)10-11-25-13(2)28/h4-9H,3,10-12H2,1-2H3,(H,25,28)(H2,24,26,27). The number of Topliss-reactive ketones (excluding diaryl/α,β-unsaturated/α-hetero) is 1. The van der Waals surface area contributed by atoms with E-state index in [0.717, 1.165) is 21.7 Å². The molecule has 0 saturated heterocycles. The zero-order valence-electron chi connectivity index (χ0n) is 17.3. The van der Waals surface area contributed by atoms with Gasteiger partial charge < -0.3 is 11.1 Å².